The second kappa shape index (κ2) is 6.19. The molecule has 0 radical (unpaired) electrons. The second-order valence-corrected chi connectivity index (χ2v) is 10.0. The highest BCUT2D eigenvalue weighted by Gasteiger charge is 2.71. The summed E-state index contributed by atoms with van der Waals surface area (Å²) in [6.07, 6.45) is 11.5. The molecular weight excluding hydrogens is 356 g/mol. The molecule has 5 aliphatic rings. The topological polar surface area (TPSA) is 83.8 Å². The highest BCUT2D eigenvalue weighted by molar-refractivity contribution is 5.91. The van der Waals surface area contributed by atoms with Gasteiger partial charge in [-0.05, 0) is 92.6 Å². The monoisotopic (exact) mass is 386 g/mol. The molecule has 0 aromatic heterocycles. The number of allylic oxidation sites excluding steroid dienone is 1. The molecule has 28 heavy (non-hydrogen) atoms. The van der Waals surface area contributed by atoms with Gasteiger partial charge in [-0.1, -0.05) is 12.5 Å². The molecule has 0 amide bonds. The molecule has 5 aliphatic carbocycles. The molecular formula is C23H30O5. The van der Waals surface area contributed by atoms with Gasteiger partial charge < -0.3 is 14.9 Å². The van der Waals surface area contributed by atoms with E-state index in [4.69, 9.17) is 5.11 Å². The predicted octanol–water partition coefficient (Wildman–Crippen LogP) is 4.31. The first-order chi connectivity index (χ1) is 13.3. The molecule has 2 N–H and O–H groups in total. The van der Waals surface area contributed by atoms with Gasteiger partial charge in [0.25, 0.3) is 0 Å². The van der Waals surface area contributed by atoms with Crippen LogP contribution in [0.15, 0.2) is 24.0 Å². The predicted molar refractivity (Wildman–Crippen MR) is 102 cm³/mol. The number of fused-ring (bicyclic) bond motifs is 7. The zero-order valence-electron chi connectivity index (χ0n) is 16.5. The fourth-order valence-electron chi connectivity index (χ4n) is 8.12. The molecule has 0 saturated heterocycles. The van der Waals surface area contributed by atoms with Gasteiger partial charge >= 0.3 is 6.16 Å². The third kappa shape index (κ3) is 2.35. The lowest BCUT2D eigenvalue weighted by atomic mass is 9.49. The van der Waals surface area contributed by atoms with E-state index in [9.17, 15) is 14.7 Å². The van der Waals surface area contributed by atoms with Crippen LogP contribution in [0.5, 0.6) is 0 Å². The number of hydrogen-bond acceptors (Lipinski definition) is 4. The molecule has 8 atom stereocenters. The Morgan fingerprint density at radius 1 is 1.14 bits per heavy atom. The molecule has 0 aromatic carbocycles. The Bertz CT molecular complexity index is 769. The number of carbonyl (C=O) groups excluding carboxylic acids is 1. The first kappa shape index (κ1) is 18.4. The van der Waals surface area contributed by atoms with Crippen LogP contribution < -0.4 is 0 Å². The van der Waals surface area contributed by atoms with Gasteiger partial charge in [-0.25, -0.2) is 4.79 Å². The van der Waals surface area contributed by atoms with Crippen molar-refractivity contribution in [2.24, 2.45) is 40.9 Å². The number of ether oxygens (including phenoxy) is 1. The van der Waals surface area contributed by atoms with Crippen LogP contribution in [0.4, 0.5) is 4.79 Å². The number of carboxylic acid groups (broad SMARTS) is 1. The Morgan fingerprint density at radius 2 is 1.96 bits per heavy atom. The van der Waals surface area contributed by atoms with Crippen molar-refractivity contribution in [3.63, 3.8) is 0 Å². The lowest BCUT2D eigenvalue weighted by Gasteiger charge is -2.55. The van der Waals surface area contributed by atoms with E-state index in [2.05, 4.69) is 11.7 Å². The van der Waals surface area contributed by atoms with Crippen LogP contribution in [-0.4, -0.2) is 27.8 Å². The van der Waals surface area contributed by atoms with Crippen molar-refractivity contribution in [2.75, 3.05) is 0 Å². The Hall–Kier alpha value is -1.62. The van der Waals surface area contributed by atoms with Crippen molar-refractivity contribution >= 4 is 11.9 Å². The molecule has 5 rings (SSSR count). The fourth-order valence-corrected chi connectivity index (χ4v) is 8.12. The van der Waals surface area contributed by atoms with E-state index in [-0.39, 0.29) is 11.3 Å². The van der Waals surface area contributed by atoms with Crippen LogP contribution in [0, 0.1) is 40.9 Å². The van der Waals surface area contributed by atoms with Gasteiger partial charge in [0, 0.05) is 11.8 Å². The van der Waals surface area contributed by atoms with Gasteiger partial charge in [-0.3, -0.25) is 4.79 Å². The van der Waals surface area contributed by atoms with E-state index < -0.39 is 11.8 Å². The molecule has 0 aromatic rings. The van der Waals surface area contributed by atoms with Crippen LogP contribution in [0.1, 0.15) is 58.3 Å². The third-order valence-corrected chi connectivity index (χ3v) is 9.31. The van der Waals surface area contributed by atoms with E-state index >= 15 is 0 Å². The van der Waals surface area contributed by atoms with E-state index in [1.807, 2.05) is 6.08 Å². The minimum Gasteiger partial charge on any atom is -0.449 e. The van der Waals surface area contributed by atoms with Crippen molar-refractivity contribution in [2.45, 2.75) is 63.9 Å². The SMILES string of the molecule is C[C@]12CC[C@H]3[C@@H](CCC4=CC(=O)CC[C@@H]43)[C@@H]1[C@@H]1CC[C@@H]1[C@@]2(O)/C=C\OC(=O)O. The Balaban J connectivity index is 1.47. The fraction of sp³-hybridized carbons (Fsp3) is 0.739. The molecule has 5 heteroatoms. The van der Waals surface area contributed by atoms with Gasteiger partial charge in [-0.15, -0.1) is 0 Å². The van der Waals surface area contributed by atoms with Gasteiger partial charge in [0.2, 0.25) is 0 Å². The van der Waals surface area contributed by atoms with Crippen LogP contribution in [0.2, 0.25) is 0 Å². The normalized spacial score (nSPS) is 49.4. The quantitative estimate of drug-likeness (QED) is 0.546. The van der Waals surface area contributed by atoms with Crippen LogP contribution >= 0.6 is 0 Å². The molecule has 0 aliphatic heterocycles. The number of aliphatic hydroxyl groups is 1. The molecule has 0 heterocycles. The maximum atomic E-state index is 11.9. The molecule has 5 nitrogen and oxygen atoms in total. The molecule has 0 unspecified atom stereocenters. The molecule has 152 valence electrons. The van der Waals surface area contributed by atoms with Crippen molar-refractivity contribution < 1.29 is 24.5 Å². The highest BCUT2D eigenvalue weighted by Crippen LogP contribution is 2.72. The first-order valence-corrected chi connectivity index (χ1v) is 10.9. The van der Waals surface area contributed by atoms with E-state index in [0.717, 1.165) is 44.9 Å². The van der Waals surface area contributed by atoms with Crippen LogP contribution in [-0.2, 0) is 9.53 Å². The zero-order chi connectivity index (χ0) is 19.7. The summed E-state index contributed by atoms with van der Waals surface area (Å²) in [4.78, 5) is 22.6. The van der Waals surface area contributed by atoms with Gasteiger partial charge in [0.15, 0.2) is 5.78 Å². The number of rotatable bonds is 2. The van der Waals surface area contributed by atoms with E-state index in [1.165, 1.54) is 11.8 Å². The highest BCUT2D eigenvalue weighted by atomic mass is 16.7. The van der Waals surface area contributed by atoms with Gasteiger partial charge in [-0.2, -0.15) is 0 Å². The lowest BCUT2D eigenvalue weighted by Crippen LogP contribution is -2.53. The van der Waals surface area contributed by atoms with Crippen molar-refractivity contribution in [1.82, 2.24) is 0 Å². The summed E-state index contributed by atoms with van der Waals surface area (Å²) in [5.41, 5.74) is 0.165. The van der Waals surface area contributed by atoms with Crippen molar-refractivity contribution in [1.29, 1.82) is 0 Å². The Kier molecular flexibility index (Phi) is 4.07. The summed E-state index contributed by atoms with van der Waals surface area (Å²) in [6, 6.07) is 0. The zero-order valence-corrected chi connectivity index (χ0v) is 16.5. The summed E-state index contributed by atoms with van der Waals surface area (Å²) in [6.45, 7) is 2.23. The van der Waals surface area contributed by atoms with Crippen LogP contribution in [0.25, 0.3) is 0 Å². The van der Waals surface area contributed by atoms with E-state index in [0.29, 0.717) is 41.8 Å². The molecule has 4 saturated carbocycles. The molecule has 0 spiro atoms. The third-order valence-electron chi connectivity index (χ3n) is 9.31. The van der Waals surface area contributed by atoms with Crippen molar-refractivity contribution in [3.05, 3.63) is 24.0 Å². The molecule has 0 bridgehead atoms. The molecule has 4 fully saturated rings. The average molecular weight is 386 g/mol. The summed E-state index contributed by atoms with van der Waals surface area (Å²) in [5.74, 6) is 3.29. The standard InChI is InChI=1S/C23H30O5/c1-22-9-8-16-15-5-3-14(24)12-13(15)2-4-17(16)20(22)18-6-7-19(18)23(22,27)10-11-28-21(25)26/h10-12,15-20,27H,2-9H2,1H3,(H,25,26)/b11-10-/t15-,16+,17+,18+,19-,20+,22-,23-/m0/s1. The smallest absolute Gasteiger partial charge is 0.449 e. The number of ketones is 1. The summed E-state index contributed by atoms with van der Waals surface area (Å²) in [7, 11) is 0. The summed E-state index contributed by atoms with van der Waals surface area (Å²) in [5, 5.41) is 20.6. The van der Waals surface area contributed by atoms with Crippen LogP contribution in [0.3, 0.4) is 0 Å². The number of carbonyl (C=O) groups is 2. The summed E-state index contributed by atoms with van der Waals surface area (Å²) < 4.78 is 4.63. The average Bonchev–Trinajstić information content (AvgIpc) is 2.74. The van der Waals surface area contributed by atoms with E-state index in [1.54, 1.807) is 6.08 Å². The van der Waals surface area contributed by atoms with Crippen molar-refractivity contribution in [3.8, 4) is 0 Å². The maximum absolute atomic E-state index is 11.9. The minimum atomic E-state index is -1.34. The number of hydrogen-bond donors (Lipinski definition) is 2. The Labute approximate surface area is 165 Å². The first-order valence-electron chi connectivity index (χ1n) is 10.9. The lowest BCUT2D eigenvalue weighted by molar-refractivity contribution is -0.117. The largest absolute Gasteiger partial charge is 0.510 e. The minimum absolute atomic E-state index is 0.208. The summed E-state index contributed by atoms with van der Waals surface area (Å²) >= 11 is 0. The van der Waals surface area contributed by atoms with Gasteiger partial charge in [0.05, 0.1) is 11.9 Å². The maximum Gasteiger partial charge on any atom is 0.510 e. The Morgan fingerprint density at radius 3 is 2.68 bits per heavy atom. The second-order valence-electron chi connectivity index (χ2n) is 10.0. The van der Waals surface area contributed by atoms with Gasteiger partial charge in [0.1, 0.15) is 0 Å².